The van der Waals surface area contributed by atoms with Crippen LogP contribution in [-0.4, -0.2) is 49.1 Å². The molecule has 1 aliphatic heterocycles. The Balaban J connectivity index is 1.80. The van der Waals surface area contributed by atoms with E-state index in [4.69, 9.17) is 4.42 Å². The normalized spacial score (nSPS) is 18.2. The van der Waals surface area contributed by atoms with Gasteiger partial charge in [-0.2, -0.15) is 0 Å². The molecule has 0 bridgehead atoms. The van der Waals surface area contributed by atoms with Gasteiger partial charge in [0, 0.05) is 25.3 Å². The van der Waals surface area contributed by atoms with Crippen LogP contribution >= 0.6 is 0 Å². The molecule has 1 aromatic carbocycles. The SMILES string of the molecule is CN(C)CCn1c(=O)oc2ccc(NC(=O)C3CCCNC3)cc21. The Bertz CT molecular complexity index is 772. The van der Waals surface area contributed by atoms with Crippen molar-refractivity contribution >= 4 is 22.7 Å². The lowest BCUT2D eigenvalue weighted by Gasteiger charge is -2.21. The standard InChI is InChI=1S/C17H24N4O3/c1-20(2)8-9-21-14-10-13(5-6-15(14)24-17(21)23)19-16(22)12-4-3-7-18-11-12/h5-6,10,12,18H,3-4,7-9,11H2,1-2H3,(H,19,22). The zero-order chi connectivity index (χ0) is 17.1. The summed E-state index contributed by atoms with van der Waals surface area (Å²) >= 11 is 0. The lowest BCUT2D eigenvalue weighted by atomic mass is 9.99. The number of hydrogen-bond donors (Lipinski definition) is 2. The second-order valence-electron chi connectivity index (χ2n) is 6.54. The van der Waals surface area contributed by atoms with Crippen molar-refractivity contribution in [1.82, 2.24) is 14.8 Å². The lowest BCUT2D eigenvalue weighted by Crippen LogP contribution is -2.37. The minimum absolute atomic E-state index is 0.00488. The number of aromatic nitrogens is 1. The number of benzene rings is 1. The van der Waals surface area contributed by atoms with Crippen molar-refractivity contribution in [3.63, 3.8) is 0 Å². The van der Waals surface area contributed by atoms with Crippen LogP contribution in [0.1, 0.15) is 12.8 Å². The van der Waals surface area contributed by atoms with Gasteiger partial charge in [-0.05, 0) is 51.7 Å². The van der Waals surface area contributed by atoms with E-state index in [-0.39, 0.29) is 17.6 Å². The molecule has 3 rings (SSSR count). The summed E-state index contributed by atoms with van der Waals surface area (Å²) in [7, 11) is 3.91. The van der Waals surface area contributed by atoms with Crippen molar-refractivity contribution in [2.24, 2.45) is 5.92 Å². The van der Waals surface area contributed by atoms with Crippen LogP contribution < -0.4 is 16.4 Å². The monoisotopic (exact) mass is 332 g/mol. The van der Waals surface area contributed by atoms with E-state index in [0.717, 1.165) is 25.9 Å². The van der Waals surface area contributed by atoms with Crippen LogP contribution in [0.3, 0.4) is 0 Å². The Labute approximate surface area is 140 Å². The van der Waals surface area contributed by atoms with Crippen molar-refractivity contribution in [3.8, 4) is 0 Å². The number of likely N-dealkylation sites (N-methyl/N-ethyl adjacent to an activating group) is 1. The van der Waals surface area contributed by atoms with Crippen molar-refractivity contribution < 1.29 is 9.21 Å². The average Bonchev–Trinajstić information content (AvgIpc) is 2.88. The number of nitrogens with zero attached hydrogens (tertiary/aromatic N) is 2. The predicted octanol–water partition coefficient (Wildman–Crippen LogP) is 1.09. The molecule has 2 heterocycles. The van der Waals surface area contributed by atoms with Gasteiger partial charge in [-0.25, -0.2) is 4.79 Å². The van der Waals surface area contributed by atoms with Crippen LogP contribution in [0.15, 0.2) is 27.4 Å². The maximum absolute atomic E-state index is 12.4. The number of carbonyl (C=O) groups excluding carboxylic acids is 1. The fourth-order valence-corrected chi connectivity index (χ4v) is 2.97. The maximum atomic E-state index is 12.4. The second kappa shape index (κ2) is 7.19. The third-order valence-electron chi connectivity index (χ3n) is 4.37. The van der Waals surface area contributed by atoms with Crippen LogP contribution in [0.25, 0.3) is 11.1 Å². The van der Waals surface area contributed by atoms with Crippen LogP contribution in [0, 0.1) is 5.92 Å². The van der Waals surface area contributed by atoms with Gasteiger partial charge in [-0.1, -0.05) is 0 Å². The molecule has 1 aliphatic rings. The first-order valence-electron chi connectivity index (χ1n) is 8.34. The average molecular weight is 332 g/mol. The summed E-state index contributed by atoms with van der Waals surface area (Å²) < 4.78 is 6.88. The Hall–Kier alpha value is -2.12. The van der Waals surface area contributed by atoms with E-state index < -0.39 is 0 Å². The fourth-order valence-electron chi connectivity index (χ4n) is 2.97. The van der Waals surface area contributed by atoms with E-state index in [1.807, 2.05) is 25.1 Å². The number of anilines is 1. The van der Waals surface area contributed by atoms with E-state index >= 15 is 0 Å². The molecule has 0 saturated carbocycles. The quantitative estimate of drug-likeness (QED) is 0.857. The van der Waals surface area contributed by atoms with Gasteiger partial charge in [0.1, 0.15) is 0 Å². The number of oxazole rings is 1. The summed E-state index contributed by atoms with van der Waals surface area (Å²) in [6.07, 6.45) is 1.92. The Morgan fingerprint density at radius 2 is 2.29 bits per heavy atom. The molecule has 1 aromatic heterocycles. The molecule has 0 radical (unpaired) electrons. The van der Waals surface area contributed by atoms with Crippen molar-refractivity contribution in [2.75, 3.05) is 39.0 Å². The molecule has 1 fully saturated rings. The number of amides is 1. The second-order valence-corrected chi connectivity index (χ2v) is 6.54. The first-order chi connectivity index (χ1) is 11.5. The van der Waals surface area contributed by atoms with Gasteiger partial charge in [-0.3, -0.25) is 9.36 Å². The maximum Gasteiger partial charge on any atom is 0.419 e. The highest BCUT2D eigenvalue weighted by Gasteiger charge is 2.21. The number of hydrogen-bond acceptors (Lipinski definition) is 5. The number of piperidine rings is 1. The fraction of sp³-hybridized carbons (Fsp3) is 0.529. The molecule has 0 aliphatic carbocycles. The molecule has 1 atom stereocenters. The van der Waals surface area contributed by atoms with E-state index in [9.17, 15) is 9.59 Å². The summed E-state index contributed by atoms with van der Waals surface area (Å²) in [5, 5.41) is 6.20. The minimum Gasteiger partial charge on any atom is -0.408 e. The molecule has 7 nitrogen and oxygen atoms in total. The highest BCUT2D eigenvalue weighted by Crippen LogP contribution is 2.20. The molecule has 2 aromatic rings. The van der Waals surface area contributed by atoms with Gasteiger partial charge in [0.15, 0.2) is 5.58 Å². The summed E-state index contributed by atoms with van der Waals surface area (Å²) in [5.41, 5.74) is 1.94. The first-order valence-corrected chi connectivity index (χ1v) is 8.34. The zero-order valence-corrected chi connectivity index (χ0v) is 14.2. The Kier molecular flexibility index (Phi) is 5.01. The van der Waals surface area contributed by atoms with Crippen LogP contribution in [-0.2, 0) is 11.3 Å². The summed E-state index contributed by atoms with van der Waals surface area (Å²) in [6.45, 7) is 2.97. The first kappa shape index (κ1) is 16.7. The molecule has 2 N–H and O–H groups in total. The topological polar surface area (TPSA) is 79.5 Å². The highest BCUT2D eigenvalue weighted by molar-refractivity contribution is 5.94. The smallest absolute Gasteiger partial charge is 0.408 e. The van der Waals surface area contributed by atoms with E-state index in [0.29, 0.717) is 29.9 Å². The number of fused-ring (bicyclic) bond motifs is 1. The molecule has 7 heteroatoms. The molecule has 0 spiro atoms. The number of rotatable bonds is 5. The zero-order valence-electron chi connectivity index (χ0n) is 14.2. The van der Waals surface area contributed by atoms with Gasteiger partial charge in [0.05, 0.1) is 11.4 Å². The van der Waals surface area contributed by atoms with E-state index in [1.54, 1.807) is 16.7 Å². The lowest BCUT2D eigenvalue weighted by molar-refractivity contribution is -0.120. The van der Waals surface area contributed by atoms with Gasteiger partial charge in [0.2, 0.25) is 5.91 Å². The van der Waals surface area contributed by atoms with Crippen molar-refractivity contribution in [1.29, 1.82) is 0 Å². The van der Waals surface area contributed by atoms with Gasteiger partial charge in [-0.15, -0.1) is 0 Å². The molecule has 24 heavy (non-hydrogen) atoms. The molecule has 1 unspecified atom stereocenters. The summed E-state index contributed by atoms with van der Waals surface area (Å²) in [5.74, 6) is -0.353. The summed E-state index contributed by atoms with van der Waals surface area (Å²) in [6, 6.07) is 5.32. The van der Waals surface area contributed by atoms with Gasteiger partial charge >= 0.3 is 5.76 Å². The van der Waals surface area contributed by atoms with Crippen LogP contribution in [0.5, 0.6) is 0 Å². The number of carbonyl (C=O) groups is 1. The van der Waals surface area contributed by atoms with Crippen LogP contribution in [0.2, 0.25) is 0 Å². The molecule has 1 amide bonds. The highest BCUT2D eigenvalue weighted by atomic mass is 16.4. The largest absolute Gasteiger partial charge is 0.419 e. The third kappa shape index (κ3) is 3.68. The Morgan fingerprint density at radius 1 is 1.46 bits per heavy atom. The van der Waals surface area contributed by atoms with Crippen molar-refractivity contribution in [2.45, 2.75) is 19.4 Å². The molecule has 1 saturated heterocycles. The molecular weight excluding hydrogens is 308 g/mol. The minimum atomic E-state index is -0.369. The van der Waals surface area contributed by atoms with E-state index in [2.05, 4.69) is 10.6 Å². The van der Waals surface area contributed by atoms with Gasteiger partial charge < -0.3 is 20.0 Å². The number of nitrogens with one attached hydrogen (secondary N) is 2. The predicted molar refractivity (Wildman–Crippen MR) is 93.3 cm³/mol. The molecule has 130 valence electrons. The van der Waals surface area contributed by atoms with E-state index in [1.165, 1.54) is 0 Å². The summed E-state index contributed by atoms with van der Waals surface area (Å²) in [4.78, 5) is 26.4. The third-order valence-corrected chi connectivity index (χ3v) is 4.37. The van der Waals surface area contributed by atoms with Gasteiger partial charge in [0.25, 0.3) is 0 Å². The van der Waals surface area contributed by atoms with Crippen molar-refractivity contribution in [3.05, 3.63) is 28.7 Å². The Morgan fingerprint density at radius 3 is 3.00 bits per heavy atom. The van der Waals surface area contributed by atoms with Crippen LogP contribution in [0.4, 0.5) is 5.69 Å². The molecular formula is C17H24N4O3.